The number of carbonyl (C=O) groups is 1. The third-order valence-corrected chi connectivity index (χ3v) is 8.33. The number of benzene rings is 3. The van der Waals surface area contributed by atoms with Gasteiger partial charge in [-0.15, -0.1) is 0 Å². The Morgan fingerprint density at radius 2 is 1.81 bits per heavy atom. The van der Waals surface area contributed by atoms with Crippen LogP contribution < -0.4 is 14.8 Å². The molecule has 0 fully saturated rings. The molecule has 3 aromatic carbocycles. The van der Waals surface area contributed by atoms with Crippen LogP contribution in [-0.2, 0) is 16.4 Å². The van der Waals surface area contributed by atoms with Crippen molar-refractivity contribution in [3.63, 3.8) is 0 Å². The third-order valence-electron chi connectivity index (χ3n) is 6.34. The van der Waals surface area contributed by atoms with Gasteiger partial charge in [0.25, 0.3) is 5.91 Å². The summed E-state index contributed by atoms with van der Waals surface area (Å²) in [7, 11) is -4.07. The van der Waals surface area contributed by atoms with E-state index in [-0.39, 0.29) is 10.8 Å². The Balaban J connectivity index is 1.61. The number of aliphatic hydroxyl groups is 1. The molecular weight excluding hydrogens is 500 g/mol. The standard InChI is InChI=1S/C27H29ClN2O5S/c1-17-21(28)10-7-11-23(17)36(33,34)30-24-20-16-19(12-13-22(20)35-27(2,3)25(24)31)26(32)29-15-14-18-8-5-4-6-9-18/h4-13,16,24-25,30-31H,14-15H2,1-3H3,(H,29,32)/t24-,25+/m1/s1. The minimum atomic E-state index is -4.07. The van der Waals surface area contributed by atoms with Crippen molar-refractivity contribution in [3.05, 3.63) is 94.0 Å². The smallest absolute Gasteiger partial charge is 0.251 e. The highest BCUT2D eigenvalue weighted by atomic mass is 35.5. The van der Waals surface area contributed by atoms with Crippen LogP contribution in [0.3, 0.4) is 0 Å². The van der Waals surface area contributed by atoms with Crippen LogP contribution in [-0.4, -0.2) is 37.7 Å². The van der Waals surface area contributed by atoms with E-state index in [0.717, 1.165) is 5.56 Å². The van der Waals surface area contributed by atoms with Crippen LogP contribution in [0.2, 0.25) is 5.02 Å². The Bertz CT molecular complexity index is 1380. The lowest BCUT2D eigenvalue weighted by Gasteiger charge is -2.42. The van der Waals surface area contributed by atoms with Crippen molar-refractivity contribution >= 4 is 27.5 Å². The number of carbonyl (C=O) groups excluding carboxylic acids is 1. The van der Waals surface area contributed by atoms with E-state index in [1.54, 1.807) is 51.1 Å². The fourth-order valence-electron chi connectivity index (χ4n) is 4.25. The van der Waals surface area contributed by atoms with Gasteiger partial charge in [-0.2, -0.15) is 0 Å². The molecule has 1 aliphatic rings. The molecule has 0 aromatic heterocycles. The molecule has 1 aliphatic heterocycles. The highest BCUT2D eigenvalue weighted by Gasteiger charge is 2.45. The molecule has 7 nitrogen and oxygen atoms in total. The number of rotatable bonds is 7. The van der Waals surface area contributed by atoms with Crippen LogP contribution in [0.1, 0.15) is 46.9 Å². The average molecular weight is 529 g/mol. The molecule has 1 heterocycles. The average Bonchev–Trinajstić information content (AvgIpc) is 2.84. The van der Waals surface area contributed by atoms with Gasteiger partial charge in [-0.25, -0.2) is 13.1 Å². The summed E-state index contributed by atoms with van der Waals surface area (Å²) < 4.78 is 35.3. The first-order valence-corrected chi connectivity index (χ1v) is 13.5. The summed E-state index contributed by atoms with van der Waals surface area (Å²) in [6, 6.07) is 18.2. The molecule has 3 N–H and O–H groups in total. The van der Waals surface area contributed by atoms with Gasteiger partial charge in [0.2, 0.25) is 10.0 Å². The molecule has 0 unspecified atom stereocenters. The van der Waals surface area contributed by atoms with Gasteiger partial charge >= 0.3 is 0 Å². The van der Waals surface area contributed by atoms with E-state index in [9.17, 15) is 18.3 Å². The Hall–Kier alpha value is -2.91. The van der Waals surface area contributed by atoms with E-state index in [4.69, 9.17) is 16.3 Å². The highest BCUT2D eigenvalue weighted by Crippen LogP contribution is 2.41. The lowest BCUT2D eigenvalue weighted by molar-refractivity contribution is -0.0603. The highest BCUT2D eigenvalue weighted by molar-refractivity contribution is 7.89. The lowest BCUT2D eigenvalue weighted by Crippen LogP contribution is -2.53. The fraction of sp³-hybridized carbons (Fsp3) is 0.296. The molecule has 0 radical (unpaired) electrons. The van der Waals surface area contributed by atoms with Gasteiger partial charge in [0.05, 0.1) is 10.9 Å². The number of ether oxygens (including phenoxy) is 1. The van der Waals surface area contributed by atoms with Gasteiger partial charge in [0, 0.05) is 22.7 Å². The maximum Gasteiger partial charge on any atom is 0.251 e. The van der Waals surface area contributed by atoms with E-state index in [0.29, 0.717) is 40.4 Å². The molecule has 2 atom stereocenters. The molecule has 1 amide bonds. The number of halogens is 1. The Kier molecular flexibility index (Phi) is 7.43. The van der Waals surface area contributed by atoms with Crippen LogP contribution in [0.5, 0.6) is 5.75 Å². The number of aliphatic hydroxyl groups excluding tert-OH is 1. The maximum absolute atomic E-state index is 13.3. The summed E-state index contributed by atoms with van der Waals surface area (Å²) in [6.07, 6.45) is -0.551. The molecule has 36 heavy (non-hydrogen) atoms. The van der Waals surface area contributed by atoms with Gasteiger partial charge in [-0.1, -0.05) is 48.0 Å². The summed E-state index contributed by atoms with van der Waals surface area (Å²) in [6.45, 7) is 5.41. The zero-order valence-electron chi connectivity index (χ0n) is 20.3. The number of hydrogen-bond acceptors (Lipinski definition) is 5. The minimum absolute atomic E-state index is 0.0165. The number of fused-ring (bicyclic) bond motifs is 1. The zero-order chi connectivity index (χ0) is 26.1. The van der Waals surface area contributed by atoms with E-state index >= 15 is 0 Å². The molecule has 3 aromatic rings. The first-order valence-electron chi connectivity index (χ1n) is 11.6. The topological polar surface area (TPSA) is 105 Å². The largest absolute Gasteiger partial charge is 0.485 e. The van der Waals surface area contributed by atoms with E-state index in [1.807, 2.05) is 30.3 Å². The Morgan fingerprint density at radius 3 is 2.53 bits per heavy atom. The monoisotopic (exact) mass is 528 g/mol. The number of amides is 1. The van der Waals surface area contributed by atoms with Crippen LogP contribution in [0.4, 0.5) is 0 Å². The summed E-state index contributed by atoms with van der Waals surface area (Å²) in [5.41, 5.74) is 1.14. The van der Waals surface area contributed by atoms with Gasteiger partial charge in [-0.3, -0.25) is 4.79 Å². The van der Waals surface area contributed by atoms with Crippen molar-refractivity contribution in [2.75, 3.05) is 6.54 Å². The molecule has 4 rings (SSSR count). The maximum atomic E-state index is 13.3. The molecule has 9 heteroatoms. The predicted molar refractivity (Wildman–Crippen MR) is 139 cm³/mol. The van der Waals surface area contributed by atoms with Gasteiger partial charge in [0.15, 0.2) is 0 Å². The third kappa shape index (κ3) is 5.42. The van der Waals surface area contributed by atoms with Crippen molar-refractivity contribution in [1.29, 1.82) is 0 Å². The quantitative estimate of drug-likeness (QED) is 0.427. The molecule has 0 saturated heterocycles. The first kappa shape index (κ1) is 26.2. The molecule has 0 spiro atoms. The summed E-state index contributed by atoms with van der Waals surface area (Å²) >= 11 is 6.15. The predicted octanol–water partition coefficient (Wildman–Crippen LogP) is 4.17. The first-order chi connectivity index (χ1) is 17.0. The summed E-state index contributed by atoms with van der Waals surface area (Å²) in [4.78, 5) is 12.9. The normalized spacial score (nSPS) is 18.7. The van der Waals surface area contributed by atoms with Crippen molar-refractivity contribution in [1.82, 2.24) is 10.0 Å². The molecule has 190 valence electrons. The lowest BCUT2D eigenvalue weighted by atomic mass is 9.86. The molecule has 0 aliphatic carbocycles. The number of nitrogens with one attached hydrogen (secondary N) is 2. The van der Waals surface area contributed by atoms with Gasteiger partial charge in [-0.05, 0) is 68.7 Å². The van der Waals surface area contributed by atoms with Crippen LogP contribution in [0.15, 0.2) is 71.6 Å². The van der Waals surface area contributed by atoms with Crippen molar-refractivity contribution < 1.29 is 23.1 Å². The second-order valence-corrected chi connectivity index (χ2v) is 11.4. The molecule has 0 bridgehead atoms. The Morgan fingerprint density at radius 1 is 1.08 bits per heavy atom. The van der Waals surface area contributed by atoms with E-state index in [2.05, 4.69) is 10.0 Å². The van der Waals surface area contributed by atoms with Crippen molar-refractivity contribution in [2.45, 2.75) is 49.8 Å². The van der Waals surface area contributed by atoms with Gasteiger partial charge in [0.1, 0.15) is 17.5 Å². The number of hydrogen-bond donors (Lipinski definition) is 3. The minimum Gasteiger partial charge on any atom is -0.485 e. The second-order valence-electron chi connectivity index (χ2n) is 9.36. The van der Waals surface area contributed by atoms with Crippen molar-refractivity contribution in [2.24, 2.45) is 0 Å². The SMILES string of the molecule is Cc1c(Cl)cccc1S(=O)(=O)N[C@@H]1c2cc(C(=O)NCCc3ccccc3)ccc2OC(C)(C)[C@H]1O. The molecule has 0 saturated carbocycles. The second kappa shape index (κ2) is 10.2. The van der Waals surface area contributed by atoms with Crippen molar-refractivity contribution in [3.8, 4) is 5.75 Å². The number of sulfonamides is 1. The zero-order valence-corrected chi connectivity index (χ0v) is 21.9. The fourth-order valence-corrected chi connectivity index (χ4v) is 5.96. The van der Waals surface area contributed by atoms with Crippen LogP contribution in [0, 0.1) is 6.92 Å². The van der Waals surface area contributed by atoms with Crippen LogP contribution in [0.25, 0.3) is 0 Å². The van der Waals surface area contributed by atoms with E-state index in [1.165, 1.54) is 6.07 Å². The summed E-state index contributed by atoms with van der Waals surface area (Å²) in [5.74, 6) is 0.0852. The van der Waals surface area contributed by atoms with Gasteiger partial charge < -0.3 is 15.2 Å². The van der Waals surface area contributed by atoms with E-state index < -0.39 is 27.8 Å². The molecular formula is C27H29ClN2O5S. The summed E-state index contributed by atoms with van der Waals surface area (Å²) in [5, 5.41) is 14.3. The Labute approximate surface area is 216 Å². The van der Waals surface area contributed by atoms with Crippen LogP contribution >= 0.6 is 11.6 Å².